The second kappa shape index (κ2) is 5.45. The van der Waals surface area contributed by atoms with Gasteiger partial charge < -0.3 is 10.1 Å². The van der Waals surface area contributed by atoms with E-state index in [4.69, 9.17) is 0 Å². The second-order valence-corrected chi connectivity index (χ2v) is 5.70. The molecule has 18 heavy (non-hydrogen) atoms. The number of aromatic nitrogens is 2. The predicted molar refractivity (Wildman–Crippen MR) is 72.4 cm³/mol. The molecule has 0 saturated heterocycles. The maximum absolute atomic E-state index is 11.4. The Morgan fingerprint density at radius 2 is 2.22 bits per heavy atom. The maximum Gasteiger partial charge on any atom is 0.350 e. The van der Waals surface area contributed by atoms with Crippen LogP contribution in [0.25, 0.3) is 0 Å². The van der Waals surface area contributed by atoms with E-state index in [-0.39, 0.29) is 5.97 Å². The lowest BCUT2D eigenvalue weighted by Crippen LogP contribution is -1.99. The lowest BCUT2D eigenvalue weighted by atomic mass is 10.4. The van der Waals surface area contributed by atoms with Gasteiger partial charge in [0.1, 0.15) is 4.88 Å². The first-order chi connectivity index (χ1) is 8.60. The number of anilines is 1. The van der Waals surface area contributed by atoms with E-state index in [1.807, 2.05) is 12.3 Å². The van der Waals surface area contributed by atoms with Gasteiger partial charge in [0.25, 0.3) is 0 Å². The molecule has 2 aromatic heterocycles. The van der Waals surface area contributed by atoms with Gasteiger partial charge in [0, 0.05) is 5.38 Å². The van der Waals surface area contributed by atoms with E-state index in [1.165, 1.54) is 18.4 Å². The molecule has 0 fully saturated rings. The lowest BCUT2D eigenvalue weighted by Gasteiger charge is -1.98. The zero-order valence-electron chi connectivity index (χ0n) is 10.3. The van der Waals surface area contributed by atoms with Crippen molar-refractivity contribution in [1.82, 2.24) is 9.97 Å². The number of aryl methyl sites for hydroxylation is 2. The van der Waals surface area contributed by atoms with Crippen LogP contribution in [0.5, 0.6) is 0 Å². The molecule has 0 radical (unpaired) electrons. The van der Waals surface area contributed by atoms with Crippen molar-refractivity contribution in [2.24, 2.45) is 0 Å². The summed E-state index contributed by atoms with van der Waals surface area (Å²) in [7, 11) is 1.37. The summed E-state index contributed by atoms with van der Waals surface area (Å²) in [6, 6.07) is 0. The fourth-order valence-corrected chi connectivity index (χ4v) is 2.90. The van der Waals surface area contributed by atoms with Crippen molar-refractivity contribution in [3.8, 4) is 0 Å². The monoisotopic (exact) mass is 283 g/mol. The minimum Gasteiger partial charge on any atom is -0.465 e. The zero-order valence-corrected chi connectivity index (χ0v) is 11.9. The Labute approximate surface area is 113 Å². The van der Waals surface area contributed by atoms with Gasteiger partial charge in [0.05, 0.1) is 30.1 Å². The van der Waals surface area contributed by atoms with E-state index >= 15 is 0 Å². The number of hydrogen-bond donors (Lipinski definition) is 1. The van der Waals surface area contributed by atoms with E-state index in [9.17, 15) is 4.79 Å². The van der Waals surface area contributed by atoms with Crippen molar-refractivity contribution in [3.05, 3.63) is 26.7 Å². The molecule has 2 rings (SSSR count). The SMILES string of the molecule is COC(=O)c1sc(NCc2csc(C)n2)nc1C. The predicted octanol–water partition coefficient (Wildman–Crippen LogP) is 2.62. The third-order valence-corrected chi connectivity index (χ3v) is 4.17. The Kier molecular flexibility index (Phi) is 3.93. The summed E-state index contributed by atoms with van der Waals surface area (Å²) in [5, 5.41) is 6.91. The summed E-state index contributed by atoms with van der Waals surface area (Å²) in [4.78, 5) is 20.6. The molecule has 7 heteroatoms. The Morgan fingerprint density at radius 1 is 1.44 bits per heavy atom. The van der Waals surface area contributed by atoms with Crippen molar-refractivity contribution in [2.75, 3.05) is 12.4 Å². The number of methoxy groups -OCH3 is 1. The van der Waals surface area contributed by atoms with Crippen molar-refractivity contribution >= 4 is 33.8 Å². The molecule has 2 heterocycles. The summed E-state index contributed by atoms with van der Waals surface area (Å²) >= 11 is 2.91. The molecule has 5 nitrogen and oxygen atoms in total. The molecule has 0 aliphatic rings. The number of nitrogens with zero attached hydrogens (tertiary/aromatic N) is 2. The number of carbonyl (C=O) groups is 1. The molecule has 2 aromatic rings. The summed E-state index contributed by atoms with van der Waals surface area (Å²) in [6.45, 7) is 4.37. The van der Waals surface area contributed by atoms with Gasteiger partial charge in [-0.2, -0.15) is 0 Å². The summed E-state index contributed by atoms with van der Waals surface area (Å²) in [5.74, 6) is -0.345. The topological polar surface area (TPSA) is 64.1 Å². The normalized spacial score (nSPS) is 10.4. The third kappa shape index (κ3) is 2.85. The molecular formula is C11H13N3O2S2. The molecule has 96 valence electrons. The number of carbonyl (C=O) groups excluding carboxylic acids is 1. The van der Waals surface area contributed by atoms with Crippen molar-refractivity contribution in [1.29, 1.82) is 0 Å². The molecule has 0 atom stereocenters. The second-order valence-electron chi connectivity index (χ2n) is 3.64. The number of thiazole rings is 2. The Morgan fingerprint density at radius 3 is 2.83 bits per heavy atom. The minimum absolute atomic E-state index is 0.345. The van der Waals surface area contributed by atoms with Crippen LogP contribution in [0, 0.1) is 13.8 Å². The van der Waals surface area contributed by atoms with Crippen LogP contribution in [0.3, 0.4) is 0 Å². The molecule has 0 bridgehead atoms. The van der Waals surface area contributed by atoms with E-state index in [0.717, 1.165) is 10.7 Å². The summed E-state index contributed by atoms with van der Waals surface area (Å²) in [6.07, 6.45) is 0. The largest absolute Gasteiger partial charge is 0.465 e. The fourth-order valence-electron chi connectivity index (χ4n) is 1.41. The van der Waals surface area contributed by atoms with E-state index in [0.29, 0.717) is 22.2 Å². The Balaban J connectivity index is 2.04. The molecular weight excluding hydrogens is 270 g/mol. The summed E-state index contributed by atoms with van der Waals surface area (Å²) < 4.78 is 4.69. The lowest BCUT2D eigenvalue weighted by molar-refractivity contribution is 0.0605. The first-order valence-electron chi connectivity index (χ1n) is 5.30. The van der Waals surface area contributed by atoms with Gasteiger partial charge in [-0.25, -0.2) is 14.8 Å². The number of nitrogens with one attached hydrogen (secondary N) is 1. The maximum atomic E-state index is 11.4. The highest BCUT2D eigenvalue weighted by molar-refractivity contribution is 7.17. The van der Waals surface area contributed by atoms with E-state index in [1.54, 1.807) is 18.3 Å². The van der Waals surface area contributed by atoms with Gasteiger partial charge in [-0.15, -0.1) is 11.3 Å². The van der Waals surface area contributed by atoms with Gasteiger partial charge in [-0.3, -0.25) is 0 Å². The van der Waals surface area contributed by atoms with Crippen LogP contribution in [0.2, 0.25) is 0 Å². The minimum atomic E-state index is -0.345. The molecule has 0 unspecified atom stereocenters. The van der Waals surface area contributed by atoms with Crippen LogP contribution in [-0.4, -0.2) is 23.0 Å². The summed E-state index contributed by atoms with van der Waals surface area (Å²) in [5.41, 5.74) is 1.66. The van der Waals surface area contributed by atoms with Crippen molar-refractivity contribution < 1.29 is 9.53 Å². The average Bonchev–Trinajstić information content (AvgIpc) is 2.92. The fraction of sp³-hybridized carbons (Fsp3) is 0.364. The van der Waals surface area contributed by atoms with Crippen LogP contribution in [0.4, 0.5) is 5.13 Å². The number of esters is 1. The van der Waals surface area contributed by atoms with Crippen LogP contribution in [0.1, 0.15) is 26.1 Å². The van der Waals surface area contributed by atoms with Crippen molar-refractivity contribution in [3.63, 3.8) is 0 Å². The molecule has 0 saturated carbocycles. The van der Waals surface area contributed by atoms with Crippen molar-refractivity contribution in [2.45, 2.75) is 20.4 Å². The van der Waals surface area contributed by atoms with Crippen LogP contribution in [0.15, 0.2) is 5.38 Å². The highest BCUT2D eigenvalue weighted by Gasteiger charge is 2.15. The molecule has 0 spiro atoms. The van der Waals surface area contributed by atoms with Crippen LogP contribution >= 0.6 is 22.7 Å². The number of hydrogen-bond acceptors (Lipinski definition) is 7. The first-order valence-corrected chi connectivity index (χ1v) is 7.00. The van der Waals surface area contributed by atoms with E-state index < -0.39 is 0 Å². The molecule has 0 aliphatic heterocycles. The highest BCUT2D eigenvalue weighted by atomic mass is 32.1. The molecule has 1 N–H and O–H groups in total. The Hall–Kier alpha value is -1.47. The Bertz CT molecular complexity index is 562. The van der Waals surface area contributed by atoms with Gasteiger partial charge in [0.2, 0.25) is 0 Å². The quantitative estimate of drug-likeness (QED) is 0.874. The zero-order chi connectivity index (χ0) is 13.1. The van der Waals surface area contributed by atoms with Crippen LogP contribution in [-0.2, 0) is 11.3 Å². The standard InChI is InChI=1S/C11H13N3O2S2/c1-6-9(10(15)16-3)18-11(13-6)12-4-8-5-17-7(2)14-8/h5H,4H2,1-3H3,(H,12,13). The highest BCUT2D eigenvalue weighted by Crippen LogP contribution is 2.23. The average molecular weight is 283 g/mol. The van der Waals surface area contributed by atoms with Gasteiger partial charge in [-0.05, 0) is 13.8 Å². The molecule has 0 aromatic carbocycles. The molecule has 0 aliphatic carbocycles. The number of rotatable bonds is 4. The van der Waals surface area contributed by atoms with Gasteiger partial charge >= 0.3 is 5.97 Å². The first kappa shape index (κ1) is 13.0. The number of ether oxygens (including phenoxy) is 1. The van der Waals surface area contributed by atoms with E-state index in [2.05, 4.69) is 20.0 Å². The van der Waals surface area contributed by atoms with Crippen LogP contribution < -0.4 is 5.32 Å². The smallest absolute Gasteiger partial charge is 0.350 e. The molecule has 0 amide bonds. The third-order valence-electron chi connectivity index (χ3n) is 2.25. The van der Waals surface area contributed by atoms with Gasteiger partial charge in [0.15, 0.2) is 5.13 Å². The van der Waals surface area contributed by atoms with Gasteiger partial charge in [-0.1, -0.05) is 11.3 Å².